The number of ether oxygens (including phenoxy) is 3. The van der Waals surface area contributed by atoms with Crippen molar-refractivity contribution in [2.45, 2.75) is 109 Å². The number of aromatic nitrogens is 4. The van der Waals surface area contributed by atoms with Crippen LogP contribution in [0.4, 0.5) is 18.0 Å². The molecule has 4 aliphatic rings. The Kier molecular flexibility index (Phi) is 14.6. The summed E-state index contributed by atoms with van der Waals surface area (Å²) in [6, 6.07) is 3.89. The normalized spacial score (nSPS) is 22.7. The number of halogens is 3. The van der Waals surface area contributed by atoms with Crippen LogP contribution in [0.25, 0.3) is 33.6 Å². The largest absolute Gasteiger partial charge is 0.464 e. The minimum Gasteiger partial charge on any atom is -0.464 e. The van der Waals surface area contributed by atoms with Crippen LogP contribution in [0, 0.1) is 11.3 Å². The van der Waals surface area contributed by atoms with E-state index in [0.29, 0.717) is 53.8 Å². The van der Waals surface area contributed by atoms with Crippen molar-refractivity contribution in [1.29, 1.82) is 0 Å². The van der Waals surface area contributed by atoms with E-state index >= 15 is 0 Å². The SMILES string of the molecule is C=CC(=O)N1CCO[C@H]2CN(C(=O)N(C)[C@H](C(=O)N[C@H]3Cc4nnc(o4)-c4ccc5c(c4)c(c(-c4cccnc4[C@H](C)OC)n5CC(F)(F)F)CC(C)(C)COC(=O)[C@@H]4CCCN(N4)C3=O)C(C)C)C[C@H]21. The van der Waals surface area contributed by atoms with Crippen molar-refractivity contribution in [2.75, 3.05) is 53.6 Å². The first-order valence-corrected chi connectivity index (χ1v) is 23.8. The number of pyridine rings is 1. The van der Waals surface area contributed by atoms with E-state index in [1.54, 1.807) is 62.2 Å². The molecule has 6 bridgehead atoms. The number of amides is 5. The Morgan fingerprint density at radius 3 is 2.61 bits per heavy atom. The molecule has 19 nitrogen and oxygen atoms in total. The van der Waals surface area contributed by atoms with E-state index in [4.69, 9.17) is 18.6 Å². The summed E-state index contributed by atoms with van der Waals surface area (Å²) in [5.74, 6) is -2.69. The molecule has 0 aliphatic carbocycles. The predicted octanol–water partition coefficient (Wildman–Crippen LogP) is 4.85. The van der Waals surface area contributed by atoms with Crippen LogP contribution in [0.1, 0.15) is 70.7 Å². The average molecular weight is 991 g/mol. The van der Waals surface area contributed by atoms with Gasteiger partial charge in [0.2, 0.25) is 23.6 Å². The lowest BCUT2D eigenvalue weighted by Crippen LogP contribution is -2.62. The number of carbonyl (C=O) groups excluding carboxylic acids is 5. The van der Waals surface area contributed by atoms with Crippen molar-refractivity contribution in [3.63, 3.8) is 0 Å². The molecule has 3 saturated heterocycles. The number of nitrogens with zero attached hydrogens (tertiary/aromatic N) is 8. The van der Waals surface area contributed by atoms with Gasteiger partial charge in [-0.1, -0.05) is 34.3 Å². The second kappa shape index (κ2) is 20.4. The Labute approximate surface area is 409 Å². The van der Waals surface area contributed by atoms with E-state index in [2.05, 4.69) is 32.5 Å². The number of hydrogen-bond donors (Lipinski definition) is 2. The fourth-order valence-corrected chi connectivity index (χ4v) is 10.2. The Bertz CT molecular complexity index is 2690. The molecule has 71 heavy (non-hydrogen) atoms. The van der Waals surface area contributed by atoms with E-state index in [1.807, 2.05) is 13.8 Å². The molecule has 3 aromatic heterocycles. The molecule has 6 atom stereocenters. The van der Waals surface area contributed by atoms with Gasteiger partial charge in [-0.05, 0) is 74.1 Å². The predicted molar refractivity (Wildman–Crippen MR) is 251 cm³/mol. The van der Waals surface area contributed by atoms with Crippen LogP contribution in [-0.4, -0.2) is 159 Å². The fourth-order valence-electron chi connectivity index (χ4n) is 10.2. The number of hydrazine groups is 1. The molecule has 382 valence electrons. The molecule has 0 saturated carbocycles. The monoisotopic (exact) mass is 990 g/mol. The maximum absolute atomic E-state index is 14.7. The van der Waals surface area contributed by atoms with Gasteiger partial charge in [0.05, 0.1) is 55.8 Å². The van der Waals surface area contributed by atoms with Crippen LogP contribution < -0.4 is 10.7 Å². The summed E-state index contributed by atoms with van der Waals surface area (Å²) < 4.78 is 68.9. The van der Waals surface area contributed by atoms with Gasteiger partial charge in [-0.25, -0.2) is 10.2 Å². The molecule has 0 radical (unpaired) electrons. The summed E-state index contributed by atoms with van der Waals surface area (Å²) in [5.41, 5.74) is 4.45. The van der Waals surface area contributed by atoms with Crippen LogP contribution >= 0.6 is 0 Å². The van der Waals surface area contributed by atoms with Crippen LogP contribution in [0.3, 0.4) is 0 Å². The number of nitrogens with one attached hydrogen (secondary N) is 2. The molecule has 5 amide bonds. The number of cyclic esters (lactones) is 1. The van der Waals surface area contributed by atoms with Crippen LogP contribution in [0.5, 0.6) is 0 Å². The van der Waals surface area contributed by atoms with Crippen molar-refractivity contribution >= 4 is 40.6 Å². The number of likely N-dealkylation sites (tertiary alicyclic amines) is 1. The van der Waals surface area contributed by atoms with Gasteiger partial charge in [-0.15, -0.1) is 10.2 Å². The van der Waals surface area contributed by atoms with E-state index in [1.165, 1.54) is 39.6 Å². The number of hydrogen-bond acceptors (Lipinski definition) is 13. The van der Waals surface area contributed by atoms with Gasteiger partial charge in [0.1, 0.15) is 24.7 Å². The van der Waals surface area contributed by atoms with Crippen LogP contribution in [-0.2, 0) is 52.8 Å². The Hall–Kier alpha value is -6.39. The molecule has 22 heteroatoms. The maximum Gasteiger partial charge on any atom is 0.406 e. The van der Waals surface area contributed by atoms with Crippen molar-refractivity contribution in [1.82, 2.24) is 50.2 Å². The van der Waals surface area contributed by atoms with E-state index in [0.717, 1.165) is 0 Å². The van der Waals surface area contributed by atoms with Gasteiger partial charge in [0.15, 0.2) is 0 Å². The molecule has 0 spiro atoms. The molecule has 3 fully saturated rings. The zero-order chi connectivity index (χ0) is 51.1. The quantitative estimate of drug-likeness (QED) is 0.170. The molecule has 8 rings (SSSR count). The zero-order valence-corrected chi connectivity index (χ0v) is 41.0. The van der Waals surface area contributed by atoms with Gasteiger partial charge in [-0.3, -0.25) is 29.2 Å². The number of carbonyl (C=O) groups is 5. The number of rotatable bonds is 9. The maximum atomic E-state index is 14.7. The lowest BCUT2D eigenvalue weighted by atomic mass is 9.84. The summed E-state index contributed by atoms with van der Waals surface area (Å²) in [6.45, 7) is 12.3. The molecular formula is C49H61F3N10O9. The highest BCUT2D eigenvalue weighted by Crippen LogP contribution is 2.43. The number of morpholine rings is 1. The number of fused-ring (bicyclic) bond motifs is 7. The highest BCUT2D eigenvalue weighted by atomic mass is 19.4. The highest BCUT2D eigenvalue weighted by Gasteiger charge is 2.46. The van der Waals surface area contributed by atoms with Crippen molar-refractivity contribution < 1.29 is 55.8 Å². The summed E-state index contributed by atoms with van der Waals surface area (Å²) >= 11 is 0. The first-order valence-electron chi connectivity index (χ1n) is 23.8. The molecule has 2 N–H and O–H groups in total. The average Bonchev–Trinajstić information content (AvgIpc) is 4.07. The third-order valence-electron chi connectivity index (χ3n) is 13.7. The minimum atomic E-state index is -4.63. The number of methoxy groups -OCH3 is 1. The van der Waals surface area contributed by atoms with Gasteiger partial charge in [-0.2, -0.15) is 13.2 Å². The van der Waals surface area contributed by atoms with E-state index in [-0.39, 0.29) is 68.0 Å². The van der Waals surface area contributed by atoms with Gasteiger partial charge in [0, 0.05) is 67.4 Å². The smallest absolute Gasteiger partial charge is 0.406 e. The third kappa shape index (κ3) is 10.6. The van der Waals surface area contributed by atoms with Crippen LogP contribution in [0.2, 0.25) is 0 Å². The molecule has 7 heterocycles. The van der Waals surface area contributed by atoms with Crippen molar-refractivity contribution in [3.05, 3.63) is 66.3 Å². The second-order valence-electron chi connectivity index (χ2n) is 19.8. The number of urea groups is 1. The van der Waals surface area contributed by atoms with Gasteiger partial charge in [0.25, 0.3) is 5.91 Å². The van der Waals surface area contributed by atoms with E-state index in [9.17, 15) is 37.1 Å². The van der Waals surface area contributed by atoms with Crippen molar-refractivity contribution in [2.24, 2.45) is 11.3 Å². The van der Waals surface area contributed by atoms with Gasteiger partial charge >= 0.3 is 18.2 Å². The highest BCUT2D eigenvalue weighted by molar-refractivity contribution is 5.95. The minimum absolute atomic E-state index is 0.00457. The zero-order valence-electron chi connectivity index (χ0n) is 41.0. The summed E-state index contributed by atoms with van der Waals surface area (Å²) in [6.07, 6.45) is -2.31. The lowest BCUT2D eigenvalue weighted by Gasteiger charge is -2.37. The molecular weight excluding hydrogens is 930 g/mol. The number of likely N-dealkylation sites (N-methyl/N-ethyl adjacent to an activating group) is 1. The summed E-state index contributed by atoms with van der Waals surface area (Å²) in [5, 5.41) is 13.1. The van der Waals surface area contributed by atoms with Gasteiger partial charge < -0.3 is 43.2 Å². The Balaban J connectivity index is 1.16. The first kappa shape index (κ1) is 51.0. The molecule has 0 unspecified atom stereocenters. The topological polar surface area (TPSA) is 207 Å². The first-order chi connectivity index (χ1) is 33.7. The molecule has 4 aliphatic heterocycles. The van der Waals surface area contributed by atoms with Crippen LogP contribution in [0.15, 0.2) is 53.6 Å². The lowest BCUT2D eigenvalue weighted by molar-refractivity contribution is -0.155. The number of benzene rings is 1. The third-order valence-corrected chi connectivity index (χ3v) is 13.7. The summed E-state index contributed by atoms with van der Waals surface area (Å²) in [7, 11) is 2.99. The summed E-state index contributed by atoms with van der Waals surface area (Å²) in [4.78, 5) is 78.9. The second-order valence-corrected chi connectivity index (χ2v) is 19.8. The Morgan fingerprint density at radius 1 is 1.11 bits per heavy atom. The molecule has 1 aromatic carbocycles. The molecule has 4 aromatic rings. The number of esters is 1. The van der Waals surface area contributed by atoms with Crippen molar-refractivity contribution in [3.8, 4) is 22.7 Å². The Morgan fingerprint density at radius 2 is 1.89 bits per heavy atom. The van der Waals surface area contributed by atoms with E-state index < -0.39 is 84.2 Å². The number of alkyl halides is 3. The fraction of sp³-hybridized carbons (Fsp3) is 0.551. The standard InChI is InChI=1S/C49H61F3N10O9/c1-9-39(63)60-18-19-69-37-24-59(23-36(37)60)47(67)58(7)41(27(2)3)43(64)54-34-21-38-55-56-44(71-38)29-14-15-35-31(20-29)32(22-48(5,6)26-70-46(66)33-13-11-17-62(57-33)45(34)65)42(61(35)25-49(50,51)52)30-12-10-16-53-40(30)28(4)68-8/h9-10,12,14-16,20,27-28,33-34,36-37,41,57H,1,11,13,17-19,21-26H2,2-8H3,(H,54,64)/t28-,33-,34-,36+,37-,41-/m0/s1.